The molecule has 0 saturated carbocycles. The van der Waals surface area contributed by atoms with Gasteiger partial charge in [-0.3, -0.25) is 0 Å². The molecule has 1 rings (SSSR count). The van der Waals surface area contributed by atoms with Crippen molar-refractivity contribution in [2.45, 2.75) is 39.0 Å². The first kappa shape index (κ1) is 18.1. The zero-order valence-corrected chi connectivity index (χ0v) is 13.4. The summed E-state index contributed by atoms with van der Waals surface area (Å²) in [5.74, 6) is 0.890. The molecule has 0 aromatic heterocycles. The summed E-state index contributed by atoms with van der Waals surface area (Å²) < 4.78 is 48.0. The average molecular weight is 371 g/mol. The maximum Gasteiger partial charge on any atom is 0.389 e. The Morgan fingerprint density at radius 1 is 1.14 bits per heavy atom. The second-order valence-corrected chi connectivity index (χ2v) is 5.21. The second kappa shape index (κ2) is 7.89. The monoisotopic (exact) mass is 370 g/mol. The lowest BCUT2D eigenvalue weighted by atomic mass is 10.0. The predicted molar refractivity (Wildman–Crippen MR) is 76.7 cm³/mol. The Morgan fingerprint density at radius 3 is 2.14 bits per heavy atom. The molecule has 1 unspecified atom stereocenters. The molecule has 0 radical (unpaired) electrons. The number of rotatable bonds is 7. The van der Waals surface area contributed by atoms with Crippen molar-refractivity contribution in [3.8, 4) is 11.5 Å². The molecule has 0 aliphatic carbocycles. The minimum absolute atomic E-state index is 0.353. The van der Waals surface area contributed by atoms with Crippen LogP contribution in [-0.2, 0) is 0 Å². The van der Waals surface area contributed by atoms with Gasteiger partial charge in [-0.1, -0.05) is 15.9 Å². The van der Waals surface area contributed by atoms with Gasteiger partial charge in [0.05, 0.1) is 19.3 Å². The lowest BCUT2D eigenvalue weighted by Gasteiger charge is -2.18. The van der Waals surface area contributed by atoms with E-state index in [1.54, 1.807) is 13.0 Å². The summed E-state index contributed by atoms with van der Waals surface area (Å²) in [5.41, 5.74) is 0.353. The van der Waals surface area contributed by atoms with E-state index < -0.39 is 25.1 Å². The van der Waals surface area contributed by atoms with Crippen molar-refractivity contribution in [1.82, 2.24) is 0 Å². The molecule has 0 saturated heterocycles. The first-order valence-corrected chi connectivity index (χ1v) is 7.41. The van der Waals surface area contributed by atoms with Gasteiger partial charge in [-0.25, -0.2) is 0 Å². The summed E-state index contributed by atoms with van der Waals surface area (Å²) in [6.45, 7) is 4.43. The first-order valence-electron chi connectivity index (χ1n) is 6.62. The average Bonchev–Trinajstić information content (AvgIpc) is 2.38. The van der Waals surface area contributed by atoms with Crippen LogP contribution in [0.5, 0.6) is 11.5 Å². The van der Waals surface area contributed by atoms with Crippen molar-refractivity contribution < 1.29 is 27.8 Å². The Kier molecular flexibility index (Phi) is 6.80. The van der Waals surface area contributed by atoms with Gasteiger partial charge in [0.15, 0.2) is 11.5 Å². The van der Waals surface area contributed by atoms with Crippen molar-refractivity contribution in [1.29, 1.82) is 0 Å². The summed E-state index contributed by atoms with van der Waals surface area (Å²) in [6, 6.07) is 3.11. The van der Waals surface area contributed by atoms with E-state index in [2.05, 4.69) is 15.9 Å². The number of aliphatic hydroxyl groups is 1. The summed E-state index contributed by atoms with van der Waals surface area (Å²) in [6.07, 6.45) is -6.96. The van der Waals surface area contributed by atoms with E-state index in [1.807, 2.05) is 6.92 Å². The molecule has 1 N–H and O–H groups in total. The fourth-order valence-corrected chi connectivity index (χ4v) is 2.39. The van der Waals surface area contributed by atoms with E-state index in [0.29, 0.717) is 34.7 Å². The van der Waals surface area contributed by atoms with Crippen LogP contribution in [0.1, 0.15) is 38.4 Å². The van der Waals surface area contributed by atoms with E-state index in [1.165, 1.54) is 6.07 Å². The van der Waals surface area contributed by atoms with E-state index in [4.69, 9.17) is 9.47 Å². The largest absolute Gasteiger partial charge is 0.490 e. The van der Waals surface area contributed by atoms with Gasteiger partial charge in [0.25, 0.3) is 0 Å². The fourth-order valence-electron chi connectivity index (χ4n) is 1.80. The van der Waals surface area contributed by atoms with Crippen LogP contribution in [0.15, 0.2) is 16.6 Å². The molecule has 0 aliphatic heterocycles. The van der Waals surface area contributed by atoms with Crippen LogP contribution >= 0.6 is 15.9 Å². The number of hydrogen-bond acceptors (Lipinski definition) is 3. The van der Waals surface area contributed by atoms with Gasteiger partial charge in [0, 0.05) is 10.9 Å². The van der Waals surface area contributed by atoms with Gasteiger partial charge in [-0.2, -0.15) is 13.2 Å². The Balaban J connectivity index is 2.98. The van der Waals surface area contributed by atoms with Crippen molar-refractivity contribution in [3.63, 3.8) is 0 Å². The maximum absolute atomic E-state index is 12.2. The highest BCUT2D eigenvalue weighted by Gasteiger charge is 2.29. The molecule has 1 aromatic rings. The Bertz CT molecular complexity index is 464. The van der Waals surface area contributed by atoms with Gasteiger partial charge in [-0.15, -0.1) is 0 Å². The van der Waals surface area contributed by atoms with Crippen LogP contribution in [0.4, 0.5) is 13.2 Å². The maximum atomic E-state index is 12.2. The molecule has 1 aromatic carbocycles. The highest BCUT2D eigenvalue weighted by molar-refractivity contribution is 9.10. The van der Waals surface area contributed by atoms with Gasteiger partial charge in [-0.05, 0) is 38.0 Å². The third-order valence-electron chi connectivity index (χ3n) is 2.72. The van der Waals surface area contributed by atoms with Crippen LogP contribution < -0.4 is 9.47 Å². The lowest BCUT2D eigenvalue weighted by Crippen LogP contribution is -2.10. The molecule has 0 bridgehead atoms. The zero-order chi connectivity index (χ0) is 16.0. The molecule has 0 spiro atoms. The molecule has 0 amide bonds. The minimum Gasteiger partial charge on any atom is -0.490 e. The topological polar surface area (TPSA) is 38.7 Å². The molecule has 120 valence electrons. The van der Waals surface area contributed by atoms with Gasteiger partial charge >= 0.3 is 6.18 Å². The first-order chi connectivity index (χ1) is 9.78. The predicted octanol–water partition coefficient (Wildman–Crippen LogP) is 4.62. The summed E-state index contributed by atoms with van der Waals surface area (Å²) in [4.78, 5) is 0. The standard InChI is InChI=1S/C14H18BrF3O3/c1-3-20-12-7-9(10(15)8-13(12)21-4-2)11(19)5-6-14(16,17)18/h7-8,11,19H,3-6H2,1-2H3. The van der Waals surface area contributed by atoms with Crippen LogP contribution in [0, 0.1) is 0 Å². The van der Waals surface area contributed by atoms with Crippen LogP contribution in [-0.4, -0.2) is 24.5 Å². The van der Waals surface area contributed by atoms with Crippen LogP contribution in [0.3, 0.4) is 0 Å². The number of ether oxygens (including phenoxy) is 2. The Morgan fingerprint density at radius 2 is 1.67 bits per heavy atom. The van der Waals surface area contributed by atoms with Gasteiger partial charge in [0.2, 0.25) is 0 Å². The van der Waals surface area contributed by atoms with E-state index >= 15 is 0 Å². The number of alkyl halides is 3. The van der Waals surface area contributed by atoms with Crippen molar-refractivity contribution in [2.24, 2.45) is 0 Å². The molecular weight excluding hydrogens is 353 g/mol. The number of benzene rings is 1. The van der Waals surface area contributed by atoms with Crippen LogP contribution in [0.2, 0.25) is 0 Å². The minimum atomic E-state index is -4.29. The molecule has 7 heteroatoms. The smallest absolute Gasteiger partial charge is 0.389 e. The van der Waals surface area contributed by atoms with Crippen molar-refractivity contribution >= 4 is 15.9 Å². The van der Waals surface area contributed by atoms with E-state index in [0.717, 1.165) is 0 Å². The SMILES string of the molecule is CCOc1cc(Br)c(C(O)CCC(F)(F)F)cc1OCC. The zero-order valence-electron chi connectivity index (χ0n) is 11.8. The second-order valence-electron chi connectivity index (χ2n) is 4.36. The molecule has 1 atom stereocenters. The molecule has 21 heavy (non-hydrogen) atoms. The third kappa shape index (κ3) is 5.74. The summed E-state index contributed by atoms with van der Waals surface area (Å²) >= 11 is 3.25. The van der Waals surface area contributed by atoms with E-state index in [9.17, 15) is 18.3 Å². The summed E-state index contributed by atoms with van der Waals surface area (Å²) in [5, 5.41) is 9.95. The molecule has 0 heterocycles. The Labute approximate surface area is 130 Å². The fraction of sp³-hybridized carbons (Fsp3) is 0.571. The van der Waals surface area contributed by atoms with Crippen molar-refractivity contribution in [2.75, 3.05) is 13.2 Å². The lowest BCUT2D eigenvalue weighted by molar-refractivity contribution is -0.140. The molecule has 0 aliphatic rings. The third-order valence-corrected chi connectivity index (χ3v) is 3.41. The van der Waals surface area contributed by atoms with Crippen molar-refractivity contribution in [3.05, 3.63) is 22.2 Å². The number of aliphatic hydroxyl groups excluding tert-OH is 1. The normalized spacial score (nSPS) is 13.1. The molecule has 3 nitrogen and oxygen atoms in total. The Hall–Kier alpha value is -0.950. The van der Waals surface area contributed by atoms with Crippen LogP contribution in [0.25, 0.3) is 0 Å². The molecular formula is C14H18BrF3O3. The number of hydrogen-bond donors (Lipinski definition) is 1. The number of halogens is 4. The summed E-state index contributed by atoms with van der Waals surface area (Å²) in [7, 11) is 0. The van der Waals surface area contributed by atoms with Gasteiger partial charge in [0.1, 0.15) is 0 Å². The quantitative estimate of drug-likeness (QED) is 0.760. The van der Waals surface area contributed by atoms with Gasteiger partial charge < -0.3 is 14.6 Å². The molecule has 0 fully saturated rings. The highest BCUT2D eigenvalue weighted by atomic mass is 79.9. The van der Waals surface area contributed by atoms with E-state index in [-0.39, 0.29) is 0 Å². The highest BCUT2D eigenvalue weighted by Crippen LogP contribution is 2.38.